The Morgan fingerprint density at radius 1 is 1.80 bits per heavy atom. The topological polar surface area (TPSA) is 38.3 Å². The maximum Gasteiger partial charge on any atom is 0.378 e. The van der Waals surface area contributed by atoms with E-state index in [0.717, 1.165) is 0 Å². The van der Waals surface area contributed by atoms with Crippen molar-refractivity contribution in [3.63, 3.8) is 0 Å². The van der Waals surface area contributed by atoms with Gasteiger partial charge in [0.1, 0.15) is 5.68 Å². The number of carbonyl (C=O) groups is 1. The number of nitrogens with one attached hydrogen (secondary N) is 1. The van der Waals surface area contributed by atoms with Gasteiger partial charge >= 0.3 is 7.48 Å². The molecule has 0 amide bonds. The van der Waals surface area contributed by atoms with Crippen LogP contribution in [0, 0.1) is 0 Å². The molecule has 0 bridgehead atoms. The second-order valence-corrected chi connectivity index (χ2v) is 2.66. The highest BCUT2D eigenvalue weighted by atomic mass is 31.1. The van der Waals surface area contributed by atoms with Gasteiger partial charge in [-0.1, -0.05) is 8.73 Å². The van der Waals surface area contributed by atoms with E-state index in [0.29, 0.717) is 8.73 Å². The van der Waals surface area contributed by atoms with Crippen LogP contribution >= 0.6 is 8.73 Å². The molecule has 2 atom stereocenters. The SMILES string of the molecule is CO[B]C(=O)[C@H](C)NPC. The third-order valence-corrected chi connectivity index (χ3v) is 1.74. The number of carbonyl (C=O) groups excluding carboxylic acids is 1. The molecule has 0 rings (SSSR count). The quantitative estimate of drug-likeness (QED) is 0.453. The monoisotopic (exact) mass is 160 g/mol. The van der Waals surface area contributed by atoms with Crippen LogP contribution in [0.25, 0.3) is 0 Å². The van der Waals surface area contributed by atoms with Gasteiger partial charge in [0.15, 0.2) is 0 Å². The highest BCUT2D eigenvalue weighted by Crippen LogP contribution is 1.97. The van der Waals surface area contributed by atoms with E-state index in [-0.39, 0.29) is 11.7 Å². The van der Waals surface area contributed by atoms with Crippen molar-refractivity contribution in [1.29, 1.82) is 0 Å². The highest BCUT2D eigenvalue weighted by molar-refractivity contribution is 7.34. The van der Waals surface area contributed by atoms with Gasteiger partial charge in [0, 0.05) is 7.11 Å². The molecule has 0 aliphatic heterocycles. The van der Waals surface area contributed by atoms with E-state index >= 15 is 0 Å². The molecule has 0 fully saturated rings. The van der Waals surface area contributed by atoms with Gasteiger partial charge in [-0.15, -0.1) is 0 Å². The van der Waals surface area contributed by atoms with Crippen LogP contribution in [-0.2, 0) is 9.45 Å². The fraction of sp³-hybridized carbons (Fsp3) is 0.800. The van der Waals surface area contributed by atoms with E-state index in [1.807, 2.05) is 13.6 Å². The summed E-state index contributed by atoms with van der Waals surface area (Å²) in [5, 5.41) is 3.00. The van der Waals surface area contributed by atoms with Crippen LogP contribution in [-0.4, -0.2) is 33.0 Å². The van der Waals surface area contributed by atoms with E-state index in [1.165, 1.54) is 14.6 Å². The Kier molecular flexibility index (Phi) is 5.89. The Hall–Kier alpha value is 0.0849. The summed E-state index contributed by atoms with van der Waals surface area (Å²) in [6, 6.07) is -0.122. The van der Waals surface area contributed by atoms with Crippen molar-refractivity contribution in [2.24, 2.45) is 0 Å². The molecule has 0 aromatic carbocycles. The average Bonchev–Trinajstić information content (AvgIpc) is 1.89. The molecule has 1 radical (unpaired) electrons. The van der Waals surface area contributed by atoms with Gasteiger partial charge in [0.25, 0.3) is 0 Å². The molecule has 10 heavy (non-hydrogen) atoms. The van der Waals surface area contributed by atoms with Crippen molar-refractivity contribution in [1.82, 2.24) is 5.09 Å². The molecule has 0 aromatic rings. The largest absolute Gasteiger partial charge is 0.434 e. The maximum atomic E-state index is 10.9. The highest BCUT2D eigenvalue weighted by Gasteiger charge is 2.12. The van der Waals surface area contributed by atoms with Crippen molar-refractivity contribution in [2.75, 3.05) is 13.8 Å². The number of hydrogen-bond donors (Lipinski definition) is 1. The van der Waals surface area contributed by atoms with Gasteiger partial charge in [-0.3, -0.25) is 5.09 Å². The predicted octanol–water partition coefficient (Wildman–Crippen LogP) is -0.0200. The van der Waals surface area contributed by atoms with Crippen LogP contribution in [0.15, 0.2) is 0 Å². The summed E-state index contributed by atoms with van der Waals surface area (Å²) in [7, 11) is 3.28. The van der Waals surface area contributed by atoms with Gasteiger partial charge in [0.2, 0.25) is 0 Å². The first-order valence-corrected chi connectivity index (χ1v) is 4.54. The van der Waals surface area contributed by atoms with Gasteiger partial charge in [-0.05, 0) is 13.6 Å². The van der Waals surface area contributed by atoms with Crippen molar-refractivity contribution >= 4 is 21.9 Å². The van der Waals surface area contributed by atoms with E-state index in [9.17, 15) is 4.79 Å². The molecule has 0 aliphatic carbocycles. The Morgan fingerprint density at radius 2 is 2.40 bits per heavy atom. The molecule has 1 unspecified atom stereocenters. The van der Waals surface area contributed by atoms with Crippen molar-refractivity contribution in [3.8, 4) is 0 Å². The molecule has 0 aliphatic rings. The lowest BCUT2D eigenvalue weighted by Gasteiger charge is -2.08. The minimum absolute atomic E-state index is 0.0168. The van der Waals surface area contributed by atoms with Crippen molar-refractivity contribution < 1.29 is 9.45 Å². The molecule has 1 N–H and O–H groups in total. The van der Waals surface area contributed by atoms with Crippen LogP contribution in [0.5, 0.6) is 0 Å². The molecular formula is C5H12BNO2P. The molecule has 0 saturated carbocycles. The van der Waals surface area contributed by atoms with E-state index in [1.54, 1.807) is 0 Å². The van der Waals surface area contributed by atoms with E-state index in [4.69, 9.17) is 0 Å². The minimum atomic E-state index is -0.122. The minimum Gasteiger partial charge on any atom is -0.434 e. The fourth-order valence-corrected chi connectivity index (χ4v) is 1.08. The third-order valence-electron chi connectivity index (χ3n) is 1.02. The molecule has 0 heterocycles. The summed E-state index contributed by atoms with van der Waals surface area (Å²) in [5.74, 6) is 0. The lowest BCUT2D eigenvalue weighted by molar-refractivity contribution is -0.113. The number of hydrogen-bond acceptors (Lipinski definition) is 3. The Labute approximate surface area is 64.0 Å². The standard InChI is InChI=1S/C5H12BNO2P/c1-4(7-10-3)5(8)6-9-2/h4,7,10H,1-3H3/t4-/m0/s1. The van der Waals surface area contributed by atoms with Crippen molar-refractivity contribution in [3.05, 3.63) is 0 Å². The predicted molar refractivity (Wildman–Crippen MR) is 44.6 cm³/mol. The maximum absolute atomic E-state index is 10.9. The van der Waals surface area contributed by atoms with Crippen LogP contribution in [0.4, 0.5) is 0 Å². The summed E-state index contributed by atoms with van der Waals surface area (Å²) in [5.41, 5.74) is -0.0168. The molecule has 57 valence electrons. The normalized spacial score (nSPS) is 13.9. The Bertz CT molecular complexity index is 112. The first kappa shape index (κ1) is 10.1. The zero-order chi connectivity index (χ0) is 7.98. The smallest absolute Gasteiger partial charge is 0.378 e. The molecular weight excluding hydrogens is 148 g/mol. The Balaban J connectivity index is 3.49. The summed E-state index contributed by atoms with van der Waals surface area (Å²) < 4.78 is 4.56. The van der Waals surface area contributed by atoms with E-state index < -0.39 is 0 Å². The third kappa shape index (κ3) is 3.99. The lowest BCUT2D eigenvalue weighted by atomic mass is 9.89. The van der Waals surface area contributed by atoms with Crippen LogP contribution < -0.4 is 5.09 Å². The zero-order valence-corrected chi connectivity index (χ0v) is 7.47. The molecule has 3 nitrogen and oxygen atoms in total. The summed E-state index contributed by atoms with van der Waals surface area (Å²) >= 11 is 0. The number of rotatable bonds is 5. The second kappa shape index (κ2) is 5.84. The van der Waals surface area contributed by atoms with Crippen molar-refractivity contribution in [2.45, 2.75) is 13.0 Å². The van der Waals surface area contributed by atoms with Gasteiger partial charge in [-0.25, -0.2) is 0 Å². The van der Waals surface area contributed by atoms with Gasteiger partial charge in [0.05, 0.1) is 6.04 Å². The van der Waals surface area contributed by atoms with Crippen LogP contribution in [0.3, 0.4) is 0 Å². The first-order valence-electron chi connectivity index (χ1n) is 3.04. The molecule has 0 saturated heterocycles. The average molecular weight is 160 g/mol. The summed E-state index contributed by atoms with van der Waals surface area (Å²) in [4.78, 5) is 10.9. The van der Waals surface area contributed by atoms with Crippen LogP contribution in [0.1, 0.15) is 6.92 Å². The van der Waals surface area contributed by atoms with Gasteiger partial charge in [-0.2, -0.15) is 0 Å². The van der Waals surface area contributed by atoms with Gasteiger partial charge < -0.3 is 9.45 Å². The summed E-state index contributed by atoms with van der Waals surface area (Å²) in [6.45, 7) is 3.80. The lowest BCUT2D eigenvalue weighted by Crippen LogP contribution is -2.32. The van der Waals surface area contributed by atoms with E-state index in [2.05, 4.69) is 9.74 Å². The second-order valence-electron chi connectivity index (χ2n) is 1.87. The zero-order valence-electron chi connectivity index (χ0n) is 6.47. The fourth-order valence-electron chi connectivity index (χ4n) is 0.506. The molecule has 5 heteroatoms. The van der Waals surface area contributed by atoms with Crippen LogP contribution in [0.2, 0.25) is 0 Å². The Morgan fingerprint density at radius 3 is 2.80 bits per heavy atom. The molecule has 0 spiro atoms. The summed E-state index contributed by atoms with van der Waals surface area (Å²) in [6.07, 6.45) is 0. The first-order chi connectivity index (χ1) is 4.72. The molecule has 0 aromatic heterocycles.